The summed E-state index contributed by atoms with van der Waals surface area (Å²) in [5, 5.41) is 2.96. The maximum atomic E-state index is 12.9. The monoisotopic (exact) mass is 358 g/mol. The summed E-state index contributed by atoms with van der Waals surface area (Å²) in [6.07, 6.45) is 6.83. The van der Waals surface area contributed by atoms with E-state index >= 15 is 0 Å². The molecule has 0 saturated carbocycles. The van der Waals surface area contributed by atoms with E-state index in [2.05, 4.69) is 19.8 Å². The zero-order valence-corrected chi connectivity index (χ0v) is 15.3. The molecule has 0 aliphatic carbocycles. The SMILES string of the molecule is Cc1nccn1CC1CCN(CC(=O)NCCc2ccc(F)cc2)CC1. The van der Waals surface area contributed by atoms with E-state index in [4.69, 9.17) is 0 Å². The Hall–Kier alpha value is -2.21. The molecular formula is C20H27FN4O. The summed E-state index contributed by atoms with van der Waals surface area (Å²) in [4.78, 5) is 18.6. The van der Waals surface area contributed by atoms with Crippen molar-refractivity contribution in [1.82, 2.24) is 19.8 Å². The van der Waals surface area contributed by atoms with Gasteiger partial charge in [-0.2, -0.15) is 0 Å². The standard InChI is InChI=1S/C20H27FN4O/c1-16-22-10-13-25(16)14-18-7-11-24(12-8-18)15-20(26)23-9-6-17-2-4-19(21)5-3-17/h2-5,10,13,18H,6-9,11-12,14-15H2,1H3,(H,23,26). The van der Waals surface area contributed by atoms with E-state index < -0.39 is 0 Å². The van der Waals surface area contributed by atoms with Crippen LogP contribution in [0.5, 0.6) is 0 Å². The lowest BCUT2D eigenvalue weighted by atomic mass is 9.96. The molecule has 1 aromatic heterocycles. The molecule has 0 unspecified atom stereocenters. The number of hydrogen-bond acceptors (Lipinski definition) is 3. The second kappa shape index (κ2) is 8.94. The van der Waals surface area contributed by atoms with Gasteiger partial charge in [0.05, 0.1) is 6.54 Å². The third-order valence-electron chi connectivity index (χ3n) is 5.10. The Kier molecular flexibility index (Phi) is 6.39. The number of carbonyl (C=O) groups excluding carboxylic acids is 1. The van der Waals surface area contributed by atoms with E-state index in [-0.39, 0.29) is 11.7 Å². The van der Waals surface area contributed by atoms with Crippen LogP contribution < -0.4 is 5.32 Å². The van der Waals surface area contributed by atoms with Crippen LogP contribution in [0.4, 0.5) is 4.39 Å². The number of amides is 1. The van der Waals surface area contributed by atoms with Crippen LogP contribution in [0.25, 0.3) is 0 Å². The van der Waals surface area contributed by atoms with Gasteiger partial charge < -0.3 is 9.88 Å². The van der Waals surface area contributed by atoms with E-state index in [0.717, 1.165) is 50.3 Å². The van der Waals surface area contributed by atoms with E-state index in [1.165, 1.54) is 12.1 Å². The highest BCUT2D eigenvalue weighted by Crippen LogP contribution is 2.19. The van der Waals surface area contributed by atoms with Gasteiger partial charge in [-0.25, -0.2) is 9.37 Å². The third kappa shape index (κ3) is 5.39. The van der Waals surface area contributed by atoms with Crippen LogP contribution in [0.3, 0.4) is 0 Å². The summed E-state index contributed by atoms with van der Waals surface area (Å²) in [5.41, 5.74) is 1.03. The Bertz CT molecular complexity index is 705. The van der Waals surface area contributed by atoms with Crippen molar-refractivity contribution in [1.29, 1.82) is 0 Å². The Morgan fingerprint density at radius 2 is 2.00 bits per heavy atom. The maximum Gasteiger partial charge on any atom is 0.234 e. The van der Waals surface area contributed by atoms with Crippen molar-refractivity contribution in [2.24, 2.45) is 5.92 Å². The summed E-state index contributed by atoms with van der Waals surface area (Å²) in [7, 11) is 0. The van der Waals surface area contributed by atoms with Crippen molar-refractivity contribution < 1.29 is 9.18 Å². The highest BCUT2D eigenvalue weighted by atomic mass is 19.1. The minimum atomic E-state index is -0.232. The zero-order chi connectivity index (χ0) is 18.4. The number of carbonyl (C=O) groups is 1. The maximum absolute atomic E-state index is 12.9. The van der Waals surface area contributed by atoms with Gasteiger partial charge in [0, 0.05) is 25.5 Å². The Morgan fingerprint density at radius 3 is 2.65 bits per heavy atom. The molecule has 1 amide bonds. The van der Waals surface area contributed by atoms with Gasteiger partial charge in [-0.3, -0.25) is 9.69 Å². The third-order valence-corrected chi connectivity index (χ3v) is 5.10. The molecule has 140 valence electrons. The molecule has 0 atom stereocenters. The average molecular weight is 358 g/mol. The molecule has 3 rings (SSSR count). The molecule has 2 aromatic rings. The van der Waals surface area contributed by atoms with Crippen LogP contribution in [0, 0.1) is 18.7 Å². The molecule has 6 heteroatoms. The van der Waals surface area contributed by atoms with Crippen molar-refractivity contribution in [2.45, 2.75) is 32.7 Å². The van der Waals surface area contributed by atoms with E-state index in [0.29, 0.717) is 19.0 Å². The first-order valence-electron chi connectivity index (χ1n) is 9.31. The Balaban J connectivity index is 1.33. The highest BCUT2D eigenvalue weighted by molar-refractivity contribution is 5.78. The van der Waals surface area contributed by atoms with Gasteiger partial charge in [-0.05, 0) is 62.9 Å². The van der Waals surface area contributed by atoms with Gasteiger partial charge in [0.25, 0.3) is 0 Å². The molecule has 1 aromatic carbocycles. The summed E-state index contributed by atoms with van der Waals surface area (Å²) < 4.78 is 15.1. The largest absolute Gasteiger partial charge is 0.355 e. The zero-order valence-electron chi connectivity index (χ0n) is 15.3. The highest BCUT2D eigenvalue weighted by Gasteiger charge is 2.21. The number of nitrogens with one attached hydrogen (secondary N) is 1. The number of piperidine rings is 1. The number of benzene rings is 1. The van der Waals surface area contributed by atoms with Crippen molar-refractivity contribution >= 4 is 5.91 Å². The lowest BCUT2D eigenvalue weighted by Crippen LogP contribution is -2.42. The van der Waals surface area contributed by atoms with E-state index in [1.54, 1.807) is 12.1 Å². The first kappa shape index (κ1) is 18.6. The smallest absolute Gasteiger partial charge is 0.234 e. The lowest BCUT2D eigenvalue weighted by molar-refractivity contribution is -0.122. The number of aromatic nitrogens is 2. The molecular weight excluding hydrogens is 331 g/mol. The number of likely N-dealkylation sites (tertiary alicyclic amines) is 1. The quantitative estimate of drug-likeness (QED) is 0.827. The first-order chi connectivity index (χ1) is 12.6. The summed E-state index contributed by atoms with van der Waals surface area (Å²) in [6, 6.07) is 6.42. The summed E-state index contributed by atoms with van der Waals surface area (Å²) in [6.45, 7) is 6.02. The van der Waals surface area contributed by atoms with Crippen LogP contribution in [-0.2, 0) is 17.8 Å². The summed E-state index contributed by atoms with van der Waals surface area (Å²) in [5.74, 6) is 1.55. The lowest BCUT2D eigenvalue weighted by Gasteiger charge is -2.31. The predicted octanol–water partition coefficient (Wildman–Crippen LogP) is 2.40. The molecule has 1 fully saturated rings. The second-order valence-electron chi connectivity index (χ2n) is 7.07. The van der Waals surface area contributed by atoms with Crippen molar-refractivity contribution in [3.05, 3.63) is 53.9 Å². The van der Waals surface area contributed by atoms with Gasteiger partial charge in [-0.1, -0.05) is 12.1 Å². The van der Waals surface area contributed by atoms with Gasteiger partial charge >= 0.3 is 0 Å². The predicted molar refractivity (Wildman–Crippen MR) is 99.2 cm³/mol. The topological polar surface area (TPSA) is 50.2 Å². The van der Waals surface area contributed by atoms with Crippen molar-refractivity contribution in [3.63, 3.8) is 0 Å². The Labute approximate surface area is 154 Å². The number of imidazole rings is 1. The Morgan fingerprint density at radius 1 is 1.27 bits per heavy atom. The van der Waals surface area contributed by atoms with Crippen molar-refractivity contribution in [3.8, 4) is 0 Å². The number of aryl methyl sites for hydroxylation is 1. The molecule has 5 nitrogen and oxygen atoms in total. The van der Waals surface area contributed by atoms with Crippen LogP contribution >= 0.6 is 0 Å². The molecule has 0 spiro atoms. The molecule has 1 aliphatic rings. The van der Waals surface area contributed by atoms with Gasteiger partial charge in [0.2, 0.25) is 5.91 Å². The van der Waals surface area contributed by atoms with Gasteiger partial charge in [0.1, 0.15) is 11.6 Å². The van der Waals surface area contributed by atoms with Crippen LogP contribution in [0.15, 0.2) is 36.7 Å². The van der Waals surface area contributed by atoms with E-state index in [9.17, 15) is 9.18 Å². The fourth-order valence-corrected chi connectivity index (χ4v) is 3.46. The number of hydrogen-bond donors (Lipinski definition) is 1. The van der Waals surface area contributed by atoms with E-state index in [1.807, 2.05) is 19.3 Å². The van der Waals surface area contributed by atoms with Crippen LogP contribution in [0.1, 0.15) is 24.2 Å². The number of rotatable bonds is 7. The normalized spacial score (nSPS) is 15.9. The molecule has 0 radical (unpaired) electrons. The van der Waals surface area contributed by atoms with Gasteiger partial charge in [0.15, 0.2) is 0 Å². The summed E-state index contributed by atoms with van der Waals surface area (Å²) >= 11 is 0. The minimum Gasteiger partial charge on any atom is -0.355 e. The number of halogens is 1. The molecule has 1 saturated heterocycles. The fraction of sp³-hybridized carbons (Fsp3) is 0.500. The average Bonchev–Trinajstić information content (AvgIpc) is 3.03. The molecule has 0 bridgehead atoms. The van der Waals surface area contributed by atoms with Gasteiger partial charge in [-0.15, -0.1) is 0 Å². The fourth-order valence-electron chi connectivity index (χ4n) is 3.46. The molecule has 26 heavy (non-hydrogen) atoms. The van der Waals surface area contributed by atoms with Crippen molar-refractivity contribution in [2.75, 3.05) is 26.2 Å². The van der Waals surface area contributed by atoms with Crippen LogP contribution in [0.2, 0.25) is 0 Å². The van der Waals surface area contributed by atoms with Crippen LogP contribution in [-0.4, -0.2) is 46.5 Å². The second-order valence-corrected chi connectivity index (χ2v) is 7.07. The first-order valence-corrected chi connectivity index (χ1v) is 9.31. The molecule has 1 N–H and O–H groups in total. The minimum absolute atomic E-state index is 0.0658. The molecule has 2 heterocycles. The number of nitrogens with zero attached hydrogens (tertiary/aromatic N) is 3. The molecule has 1 aliphatic heterocycles.